The lowest BCUT2D eigenvalue weighted by molar-refractivity contribution is 0.0525. The molecule has 0 spiro atoms. The topological polar surface area (TPSA) is 59.4 Å². The smallest absolute Gasteiger partial charge is 0.407 e. The highest BCUT2D eigenvalue weighted by molar-refractivity contribution is 7.99. The van der Waals surface area contributed by atoms with Crippen molar-refractivity contribution in [2.45, 2.75) is 69.4 Å². The Morgan fingerprint density at radius 3 is 2.34 bits per heavy atom. The fourth-order valence-corrected chi connectivity index (χ4v) is 4.10. The summed E-state index contributed by atoms with van der Waals surface area (Å²) in [6.07, 6.45) is 1.36. The lowest BCUT2D eigenvalue weighted by Gasteiger charge is -2.19. The molecule has 1 aromatic heterocycles. The van der Waals surface area contributed by atoms with Gasteiger partial charge in [0.2, 0.25) is 0 Å². The van der Waals surface area contributed by atoms with Gasteiger partial charge in [-0.2, -0.15) is 5.10 Å². The van der Waals surface area contributed by atoms with Crippen molar-refractivity contribution >= 4 is 23.5 Å². The standard InChI is InChI=1S/C22H34N4O2S/c1-8-18-20(29-17-12-10-16(11-13-17)25(6)7)19(9-2)26(24-18)15-14-23-21(27)28-22(3,4)5/h10-13H,8-9,14-15H2,1-7H3,(H,23,27). The number of alkyl carbamates (subject to hydrolysis) is 1. The van der Waals surface area contributed by atoms with E-state index in [1.807, 2.05) is 39.5 Å². The summed E-state index contributed by atoms with van der Waals surface area (Å²) in [4.78, 5) is 16.4. The number of aromatic nitrogens is 2. The van der Waals surface area contributed by atoms with Crippen LogP contribution in [-0.2, 0) is 24.1 Å². The van der Waals surface area contributed by atoms with Crippen LogP contribution in [0.5, 0.6) is 0 Å². The Labute approximate surface area is 179 Å². The minimum Gasteiger partial charge on any atom is -0.444 e. The van der Waals surface area contributed by atoms with E-state index in [0.717, 1.165) is 18.5 Å². The van der Waals surface area contributed by atoms with Gasteiger partial charge in [0, 0.05) is 31.2 Å². The predicted molar refractivity (Wildman–Crippen MR) is 120 cm³/mol. The number of rotatable bonds is 8. The quantitative estimate of drug-likeness (QED) is 0.670. The van der Waals surface area contributed by atoms with Gasteiger partial charge in [0.25, 0.3) is 0 Å². The molecule has 0 aliphatic carbocycles. The molecule has 29 heavy (non-hydrogen) atoms. The van der Waals surface area contributed by atoms with Gasteiger partial charge in [0.15, 0.2) is 0 Å². The first-order valence-electron chi connectivity index (χ1n) is 10.1. The molecule has 0 atom stereocenters. The van der Waals surface area contributed by atoms with E-state index in [9.17, 15) is 4.79 Å². The van der Waals surface area contributed by atoms with E-state index in [-0.39, 0.29) is 0 Å². The molecule has 0 fully saturated rings. The Morgan fingerprint density at radius 2 is 1.83 bits per heavy atom. The van der Waals surface area contributed by atoms with Gasteiger partial charge in [-0.05, 0) is 57.9 Å². The number of amides is 1. The van der Waals surface area contributed by atoms with Crippen LogP contribution in [0, 0.1) is 0 Å². The highest BCUT2D eigenvalue weighted by atomic mass is 32.2. The van der Waals surface area contributed by atoms with Gasteiger partial charge < -0.3 is 15.0 Å². The van der Waals surface area contributed by atoms with Crippen LogP contribution in [0.25, 0.3) is 0 Å². The van der Waals surface area contributed by atoms with Crippen molar-refractivity contribution in [3.8, 4) is 0 Å². The maximum absolute atomic E-state index is 11.9. The second kappa shape index (κ2) is 10.1. The molecular formula is C22H34N4O2S. The highest BCUT2D eigenvalue weighted by Gasteiger charge is 2.18. The fourth-order valence-electron chi connectivity index (χ4n) is 2.92. The molecule has 7 heteroatoms. The SMILES string of the molecule is CCc1nn(CCNC(=O)OC(C)(C)C)c(CC)c1Sc1ccc(N(C)C)cc1. The Kier molecular flexibility index (Phi) is 8.02. The van der Waals surface area contributed by atoms with Crippen LogP contribution in [0.4, 0.5) is 10.5 Å². The predicted octanol–water partition coefficient (Wildman–Crippen LogP) is 4.75. The largest absolute Gasteiger partial charge is 0.444 e. The lowest BCUT2D eigenvalue weighted by Crippen LogP contribution is -2.34. The number of anilines is 1. The van der Waals surface area contributed by atoms with Gasteiger partial charge >= 0.3 is 6.09 Å². The fraction of sp³-hybridized carbons (Fsp3) is 0.545. The number of nitrogens with zero attached hydrogens (tertiary/aromatic N) is 3. The van der Waals surface area contributed by atoms with Gasteiger partial charge in [-0.3, -0.25) is 4.68 Å². The number of nitrogens with one attached hydrogen (secondary N) is 1. The summed E-state index contributed by atoms with van der Waals surface area (Å²) in [5.74, 6) is 0. The van der Waals surface area contributed by atoms with E-state index in [1.54, 1.807) is 11.8 Å². The van der Waals surface area contributed by atoms with Crippen molar-refractivity contribution < 1.29 is 9.53 Å². The molecule has 0 aliphatic rings. The number of carbonyl (C=O) groups is 1. The zero-order chi connectivity index (χ0) is 21.6. The average molecular weight is 419 g/mol. The van der Waals surface area contributed by atoms with Gasteiger partial charge in [-0.1, -0.05) is 25.6 Å². The third-order valence-corrected chi connectivity index (χ3v) is 5.50. The monoisotopic (exact) mass is 418 g/mol. The molecule has 1 aromatic carbocycles. The third kappa shape index (κ3) is 6.70. The maximum Gasteiger partial charge on any atom is 0.407 e. The molecule has 2 aromatic rings. The van der Waals surface area contributed by atoms with E-state index in [4.69, 9.17) is 9.84 Å². The van der Waals surface area contributed by atoms with Crippen LogP contribution in [-0.4, -0.2) is 42.1 Å². The Hall–Kier alpha value is -2.15. The molecule has 1 N–H and O–H groups in total. The molecule has 0 unspecified atom stereocenters. The normalized spacial score (nSPS) is 11.4. The second-order valence-corrected chi connectivity index (χ2v) is 9.16. The molecule has 0 saturated heterocycles. The highest BCUT2D eigenvalue weighted by Crippen LogP contribution is 2.34. The number of carbonyl (C=O) groups excluding carboxylic acids is 1. The van der Waals surface area contributed by atoms with Crippen LogP contribution >= 0.6 is 11.8 Å². The van der Waals surface area contributed by atoms with E-state index >= 15 is 0 Å². The van der Waals surface area contributed by atoms with Crippen LogP contribution < -0.4 is 10.2 Å². The summed E-state index contributed by atoms with van der Waals surface area (Å²) in [5, 5.41) is 7.63. The first-order valence-corrected chi connectivity index (χ1v) is 11.0. The molecule has 1 amide bonds. The van der Waals surface area contributed by atoms with E-state index in [2.05, 4.69) is 48.3 Å². The Bertz CT molecular complexity index is 807. The summed E-state index contributed by atoms with van der Waals surface area (Å²) in [6, 6.07) is 8.57. The summed E-state index contributed by atoms with van der Waals surface area (Å²) in [5.41, 5.74) is 2.99. The van der Waals surface area contributed by atoms with Crippen molar-refractivity contribution in [2.75, 3.05) is 25.5 Å². The number of benzene rings is 1. The Balaban J connectivity index is 2.11. The van der Waals surface area contributed by atoms with Crippen molar-refractivity contribution in [2.24, 2.45) is 0 Å². The van der Waals surface area contributed by atoms with Gasteiger partial charge in [-0.25, -0.2) is 4.79 Å². The molecule has 6 nitrogen and oxygen atoms in total. The van der Waals surface area contributed by atoms with Crippen LogP contribution in [0.3, 0.4) is 0 Å². The van der Waals surface area contributed by atoms with Crippen molar-refractivity contribution in [3.05, 3.63) is 35.7 Å². The zero-order valence-corrected chi connectivity index (χ0v) is 19.5. The molecule has 1 heterocycles. The minimum atomic E-state index is -0.494. The van der Waals surface area contributed by atoms with Gasteiger partial charge in [-0.15, -0.1) is 0 Å². The van der Waals surface area contributed by atoms with E-state index in [0.29, 0.717) is 13.1 Å². The zero-order valence-electron chi connectivity index (χ0n) is 18.7. The van der Waals surface area contributed by atoms with Crippen molar-refractivity contribution in [1.29, 1.82) is 0 Å². The molecule has 2 rings (SSSR count). The summed E-state index contributed by atoms with van der Waals surface area (Å²) >= 11 is 1.76. The average Bonchev–Trinajstić information content (AvgIpc) is 2.97. The van der Waals surface area contributed by atoms with Crippen LogP contribution in [0.1, 0.15) is 46.0 Å². The van der Waals surface area contributed by atoms with Crippen LogP contribution in [0.15, 0.2) is 34.1 Å². The molecule has 160 valence electrons. The van der Waals surface area contributed by atoms with E-state index < -0.39 is 11.7 Å². The van der Waals surface area contributed by atoms with Gasteiger partial charge in [0.05, 0.1) is 22.8 Å². The maximum atomic E-state index is 11.9. The number of ether oxygens (including phenoxy) is 1. The van der Waals surface area contributed by atoms with Crippen LogP contribution in [0.2, 0.25) is 0 Å². The number of aryl methyl sites for hydroxylation is 1. The van der Waals surface area contributed by atoms with E-state index in [1.165, 1.54) is 21.2 Å². The lowest BCUT2D eigenvalue weighted by atomic mass is 10.2. The Morgan fingerprint density at radius 1 is 1.17 bits per heavy atom. The number of hydrogen-bond donors (Lipinski definition) is 1. The molecule has 0 saturated carbocycles. The summed E-state index contributed by atoms with van der Waals surface area (Å²) < 4.78 is 7.32. The van der Waals surface area contributed by atoms with Crippen molar-refractivity contribution in [3.63, 3.8) is 0 Å². The molecule has 0 aliphatic heterocycles. The first-order chi connectivity index (χ1) is 13.6. The molecule has 0 bridgehead atoms. The first kappa shape index (κ1) is 23.1. The van der Waals surface area contributed by atoms with Crippen molar-refractivity contribution in [1.82, 2.24) is 15.1 Å². The molecule has 0 radical (unpaired) electrons. The minimum absolute atomic E-state index is 0.394. The third-order valence-electron chi connectivity index (χ3n) is 4.31. The number of hydrogen-bond acceptors (Lipinski definition) is 5. The molecular weight excluding hydrogens is 384 g/mol. The summed E-state index contributed by atoms with van der Waals surface area (Å²) in [6.45, 7) is 11.0. The summed E-state index contributed by atoms with van der Waals surface area (Å²) in [7, 11) is 4.09. The van der Waals surface area contributed by atoms with Gasteiger partial charge in [0.1, 0.15) is 5.60 Å². The second-order valence-electron chi connectivity index (χ2n) is 8.07.